The molecule has 3 nitrogen and oxygen atoms in total. The lowest BCUT2D eigenvalue weighted by Gasteiger charge is -2.27. The highest BCUT2D eigenvalue weighted by Crippen LogP contribution is 2.23. The van der Waals surface area contributed by atoms with E-state index < -0.39 is 0 Å². The summed E-state index contributed by atoms with van der Waals surface area (Å²) in [7, 11) is 0. The Morgan fingerprint density at radius 1 is 1.50 bits per heavy atom. The van der Waals surface area contributed by atoms with E-state index in [-0.39, 0.29) is 0 Å². The van der Waals surface area contributed by atoms with E-state index >= 15 is 0 Å². The Morgan fingerprint density at radius 3 is 3.12 bits per heavy atom. The van der Waals surface area contributed by atoms with Crippen molar-refractivity contribution in [1.82, 2.24) is 4.98 Å². The molecule has 1 aliphatic carbocycles. The van der Waals surface area contributed by atoms with Gasteiger partial charge in [-0.25, -0.2) is 4.98 Å². The first kappa shape index (κ1) is 11.4. The second-order valence-corrected chi connectivity index (χ2v) is 4.84. The van der Waals surface area contributed by atoms with Crippen molar-refractivity contribution in [3.05, 3.63) is 23.9 Å². The van der Waals surface area contributed by atoms with E-state index in [1.807, 2.05) is 12.3 Å². The molecule has 1 aromatic heterocycles. The maximum atomic E-state index is 5.98. The van der Waals surface area contributed by atoms with Crippen molar-refractivity contribution in [2.24, 2.45) is 11.7 Å². The third kappa shape index (κ3) is 2.95. The fraction of sp³-hybridized carbons (Fsp3) is 0.615. The highest BCUT2D eigenvalue weighted by Gasteiger charge is 2.18. The zero-order valence-electron chi connectivity index (χ0n) is 9.95. The van der Waals surface area contributed by atoms with E-state index in [0.717, 1.165) is 18.8 Å². The van der Waals surface area contributed by atoms with Gasteiger partial charge >= 0.3 is 0 Å². The fourth-order valence-corrected chi connectivity index (χ4v) is 2.43. The maximum absolute atomic E-state index is 5.98. The number of aryl methyl sites for hydroxylation is 1. The highest BCUT2D eigenvalue weighted by atomic mass is 15.0. The lowest BCUT2D eigenvalue weighted by Crippen LogP contribution is -2.31. The first-order chi connectivity index (χ1) is 7.75. The summed E-state index contributed by atoms with van der Waals surface area (Å²) in [5.41, 5.74) is 7.19. The minimum Gasteiger partial charge on any atom is -0.370 e. The Kier molecular flexibility index (Phi) is 3.78. The molecule has 0 amide bonds. The molecule has 16 heavy (non-hydrogen) atoms. The number of aromatic nitrogens is 1. The van der Waals surface area contributed by atoms with Gasteiger partial charge in [0.2, 0.25) is 0 Å². The molecule has 1 saturated carbocycles. The maximum Gasteiger partial charge on any atom is 0.128 e. The molecule has 2 rings (SSSR count). The Morgan fingerprint density at radius 2 is 2.38 bits per heavy atom. The molecule has 0 bridgehead atoms. The van der Waals surface area contributed by atoms with Gasteiger partial charge < -0.3 is 11.1 Å². The molecular weight excluding hydrogens is 198 g/mol. The van der Waals surface area contributed by atoms with E-state index in [1.54, 1.807) is 0 Å². The molecular formula is C13H21N3. The Hall–Kier alpha value is -1.09. The van der Waals surface area contributed by atoms with Crippen molar-refractivity contribution in [1.29, 1.82) is 0 Å². The number of nitrogens with two attached hydrogens (primary N) is 1. The molecule has 88 valence electrons. The topological polar surface area (TPSA) is 50.9 Å². The van der Waals surface area contributed by atoms with Gasteiger partial charge in [-0.2, -0.15) is 0 Å². The lowest BCUT2D eigenvalue weighted by molar-refractivity contribution is 0.335. The van der Waals surface area contributed by atoms with Gasteiger partial charge in [-0.1, -0.05) is 12.5 Å². The Bertz CT molecular complexity index is 338. The smallest absolute Gasteiger partial charge is 0.128 e. The van der Waals surface area contributed by atoms with Gasteiger partial charge in [0.1, 0.15) is 5.82 Å². The summed E-state index contributed by atoms with van der Waals surface area (Å²) >= 11 is 0. The Balaban J connectivity index is 1.85. The van der Waals surface area contributed by atoms with E-state index in [0.29, 0.717) is 12.0 Å². The first-order valence-electron chi connectivity index (χ1n) is 6.17. The second-order valence-electron chi connectivity index (χ2n) is 4.84. The summed E-state index contributed by atoms with van der Waals surface area (Å²) in [5.74, 6) is 1.73. The molecule has 0 saturated heterocycles. The molecule has 1 aliphatic rings. The van der Waals surface area contributed by atoms with Crippen LogP contribution >= 0.6 is 0 Å². The number of anilines is 1. The van der Waals surface area contributed by atoms with Crippen LogP contribution in [0.1, 0.15) is 31.2 Å². The van der Waals surface area contributed by atoms with Gasteiger partial charge in [0, 0.05) is 18.8 Å². The zero-order valence-corrected chi connectivity index (χ0v) is 9.95. The Labute approximate surface area is 97.5 Å². The standard InChI is InChI=1S/C13H21N3/c1-10-4-3-7-15-13(10)16-9-11-5-2-6-12(14)8-11/h3-4,7,11-12H,2,5-6,8-9,14H2,1H3,(H,15,16). The van der Waals surface area contributed by atoms with Crippen molar-refractivity contribution in [2.75, 3.05) is 11.9 Å². The highest BCUT2D eigenvalue weighted by molar-refractivity contribution is 5.42. The van der Waals surface area contributed by atoms with E-state index in [1.165, 1.54) is 24.8 Å². The fourth-order valence-electron chi connectivity index (χ4n) is 2.43. The van der Waals surface area contributed by atoms with Crippen LogP contribution in [-0.2, 0) is 0 Å². The van der Waals surface area contributed by atoms with Crippen molar-refractivity contribution < 1.29 is 0 Å². The van der Waals surface area contributed by atoms with Gasteiger partial charge in [0.15, 0.2) is 0 Å². The average Bonchev–Trinajstić information content (AvgIpc) is 2.28. The average molecular weight is 219 g/mol. The van der Waals surface area contributed by atoms with Crippen LogP contribution in [0, 0.1) is 12.8 Å². The van der Waals surface area contributed by atoms with Crippen LogP contribution in [0.5, 0.6) is 0 Å². The van der Waals surface area contributed by atoms with Gasteiger partial charge in [-0.05, 0) is 43.7 Å². The van der Waals surface area contributed by atoms with Crippen molar-refractivity contribution in [3.63, 3.8) is 0 Å². The molecule has 2 atom stereocenters. The van der Waals surface area contributed by atoms with Gasteiger partial charge in [-0.3, -0.25) is 0 Å². The summed E-state index contributed by atoms with van der Waals surface area (Å²) in [4.78, 5) is 4.34. The van der Waals surface area contributed by atoms with E-state index in [4.69, 9.17) is 5.73 Å². The normalized spacial score (nSPS) is 25.4. The molecule has 0 radical (unpaired) electrons. The van der Waals surface area contributed by atoms with Crippen molar-refractivity contribution in [3.8, 4) is 0 Å². The number of pyridine rings is 1. The van der Waals surface area contributed by atoms with Crippen LogP contribution in [-0.4, -0.2) is 17.6 Å². The van der Waals surface area contributed by atoms with Crippen LogP contribution < -0.4 is 11.1 Å². The summed E-state index contributed by atoms with van der Waals surface area (Å²) in [6, 6.07) is 4.46. The molecule has 1 fully saturated rings. The molecule has 2 unspecified atom stereocenters. The van der Waals surface area contributed by atoms with Crippen molar-refractivity contribution >= 4 is 5.82 Å². The van der Waals surface area contributed by atoms with Gasteiger partial charge in [0.25, 0.3) is 0 Å². The van der Waals surface area contributed by atoms with Crippen LogP contribution in [0.2, 0.25) is 0 Å². The SMILES string of the molecule is Cc1cccnc1NCC1CCCC(N)C1. The van der Waals surface area contributed by atoms with Gasteiger partial charge in [0.05, 0.1) is 0 Å². The number of hydrogen-bond donors (Lipinski definition) is 2. The second kappa shape index (κ2) is 5.30. The monoisotopic (exact) mass is 219 g/mol. The molecule has 0 spiro atoms. The minimum atomic E-state index is 0.408. The lowest BCUT2D eigenvalue weighted by atomic mass is 9.86. The summed E-state index contributed by atoms with van der Waals surface area (Å²) in [5, 5.41) is 3.44. The summed E-state index contributed by atoms with van der Waals surface area (Å²) in [6.45, 7) is 3.09. The number of rotatable bonds is 3. The predicted octanol–water partition coefficient (Wildman–Crippen LogP) is 2.32. The summed E-state index contributed by atoms with van der Waals surface area (Å²) in [6.07, 6.45) is 6.75. The molecule has 0 aliphatic heterocycles. The van der Waals surface area contributed by atoms with Crippen LogP contribution in [0.3, 0.4) is 0 Å². The van der Waals surface area contributed by atoms with Crippen molar-refractivity contribution in [2.45, 2.75) is 38.6 Å². The zero-order chi connectivity index (χ0) is 11.4. The minimum absolute atomic E-state index is 0.408. The summed E-state index contributed by atoms with van der Waals surface area (Å²) < 4.78 is 0. The quantitative estimate of drug-likeness (QED) is 0.820. The van der Waals surface area contributed by atoms with Crippen LogP contribution in [0.25, 0.3) is 0 Å². The van der Waals surface area contributed by atoms with Crippen LogP contribution in [0.4, 0.5) is 5.82 Å². The number of nitrogens with one attached hydrogen (secondary N) is 1. The third-order valence-electron chi connectivity index (χ3n) is 3.39. The van der Waals surface area contributed by atoms with E-state index in [2.05, 4.69) is 23.3 Å². The van der Waals surface area contributed by atoms with Gasteiger partial charge in [-0.15, -0.1) is 0 Å². The van der Waals surface area contributed by atoms with E-state index in [9.17, 15) is 0 Å². The molecule has 3 N–H and O–H groups in total. The molecule has 0 aromatic carbocycles. The number of nitrogens with zero attached hydrogens (tertiary/aromatic N) is 1. The predicted molar refractivity (Wildman–Crippen MR) is 67.4 cm³/mol. The van der Waals surface area contributed by atoms with Crippen LogP contribution in [0.15, 0.2) is 18.3 Å². The largest absolute Gasteiger partial charge is 0.370 e. The number of hydrogen-bond acceptors (Lipinski definition) is 3. The first-order valence-corrected chi connectivity index (χ1v) is 6.17. The molecule has 3 heteroatoms. The molecule has 1 aromatic rings. The molecule has 1 heterocycles. The third-order valence-corrected chi connectivity index (χ3v) is 3.39.